The van der Waals surface area contributed by atoms with Gasteiger partial charge in [0.25, 0.3) is 0 Å². The summed E-state index contributed by atoms with van der Waals surface area (Å²) in [5, 5.41) is 4.13. The third-order valence-electron chi connectivity index (χ3n) is 4.95. The van der Waals surface area contributed by atoms with Crippen LogP contribution in [0.1, 0.15) is 71.8 Å². The van der Waals surface area contributed by atoms with Crippen molar-refractivity contribution in [2.75, 3.05) is 19.6 Å². The molecular formula is C21H32N4O2. The van der Waals surface area contributed by atoms with E-state index in [0.29, 0.717) is 23.3 Å². The average Bonchev–Trinajstić information content (AvgIpc) is 3.33. The molecule has 2 aromatic heterocycles. The smallest absolute Gasteiger partial charge is 0.232 e. The van der Waals surface area contributed by atoms with E-state index in [9.17, 15) is 0 Å². The molecule has 1 unspecified atom stereocenters. The number of ether oxygens (including phenoxy) is 1. The molecule has 1 atom stereocenters. The number of pyridine rings is 1. The van der Waals surface area contributed by atoms with Crippen LogP contribution in [0.5, 0.6) is 5.75 Å². The first-order valence-corrected chi connectivity index (χ1v) is 10.0. The van der Waals surface area contributed by atoms with Gasteiger partial charge >= 0.3 is 0 Å². The van der Waals surface area contributed by atoms with E-state index in [0.717, 1.165) is 25.4 Å². The average molecular weight is 373 g/mol. The van der Waals surface area contributed by atoms with Gasteiger partial charge in [-0.1, -0.05) is 39.8 Å². The van der Waals surface area contributed by atoms with Crippen molar-refractivity contribution in [2.24, 2.45) is 0 Å². The lowest BCUT2D eigenvalue weighted by atomic mass is 9.97. The van der Waals surface area contributed by atoms with Crippen LogP contribution in [-0.4, -0.2) is 45.8 Å². The molecule has 3 rings (SSSR count). The second kappa shape index (κ2) is 7.97. The Morgan fingerprint density at radius 3 is 2.52 bits per heavy atom. The molecule has 0 aromatic carbocycles. The van der Waals surface area contributed by atoms with Crippen LogP contribution in [-0.2, 0) is 5.41 Å². The number of likely N-dealkylation sites (N-methyl/N-ethyl adjacent to an activating group) is 1. The molecule has 27 heavy (non-hydrogen) atoms. The Morgan fingerprint density at radius 1 is 1.26 bits per heavy atom. The fraction of sp³-hybridized carbons (Fsp3) is 0.667. The molecule has 0 bridgehead atoms. The van der Waals surface area contributed by atoms with Gasteiger partial charge in [-0.2, -0.15) is 4.98 Å². The normalized spacial score (nSPS) is 16.0. The van der Waals surface area contributed by atoms with E-state index in [1.165, 1.54) is 18.4 Å². The number of aromatic nitrogens is 3. The van der Waals surface area contributed by atoms with Gasteiger partial charge < -0.3 is 14.2 Å². The molecule has 0 amide bonds. The second-order valence-corrected chi connectivity index (χ2v) is 8.47. The van der Waals surface area contributed by atoms with E-state index in [2.05, 4.69) is 61.6 Å². The molecular weight excluding hydrogens is 340 g/mol. The zero-order chi connectivity index (χ0) is 19.6. The molecule has 0 radical (unpaired) electrons. The van der Waals surface area contributed by atoms with Gasteiger partial charge in [0.05, 0.1) is 0 Å². The van der Waals surface area contributed by atoms with E-state index >= 15 is 0 Å². The highest BCUT2D eigenvalue weighted by Gasteiger charge is 2.29. The van der Waals surface area contributed by atoms with E-state index in [1.54, 1.807) is 0 Å². The van der Waals surface area contributed by atoms with Crippen molar-refractivity contribution in [1.82, 2.24) is 20.0 Å². The fourth-order valence-corrected chi connectivity index (χ4v) is 3.10. The van der Waals surface area contributed by atoms with Crippen LogP contribution in [0, 0.1) is 0 Å². The minimum absolute atomic E-state index is 0.105. The molecule has 0 saturated heterocycles. The molecule has 0 aliphatic heterocycles. The molecule has 2 aromatic rings. The summed E-state index contributed by atoms with van der Waals surface area (Å²) in [5.41, 5.74) is 1.71. The van der Waals surface area contributed by atoms with Gasteiger partial charge in [-0.15, -0.1) is 0 Å². The van der Waals surface area contributed by atoms with Crippen LogP contribution in [0.3, 0.4) is 0 Å². The number of rotatable bonds is 8. The quantitative estimate of drug-likeness (QED) is 0.684. The Balaban J connectivity index is 1.84. The summed E-state index contributed by atoms with van der Waals surface area (Å²) in [7, 11) is 0. The van der Waals surface area contributed by atoms with Crippen LogP contribution < -0.4 is 4.74 Å². The Labute approximate surface area is 162 Å². The zero-order valence-corrected chi connectivity index (χ0v) is 17.5. The molecule has 2 heterocycles. The Bertz CT molecular complexity index is 758. The lowest BCUT2D eigenvalue weighted by molar-refractivity contribution is 0.152. The van der Waals surface area contributed by atoms with Crippen LogP contribution in [0.2, 0.25) is 0 Å². The summed E-state index contributed by atoms with van der Waals surface area (Å²) in [4.78, 5) is 11.5. The molecule has 0 spiro atoms. The molecule has 1 fully saturated rings. The highest BCUT2D eigenvalue weighted by atomic mass is 16.5. The Kier molecular flexibility index (Phi) is 5.84. The van der Waals surface area contributed by atoms with E-state index in [1.807, 2.05) is 12.3 Å². The lowest BCUT2D eigenvalue weighted by Crippen LogP contribution is -2.33. The maximum Gasteiger partial charge on any atom is 0.232 e. The first kappa shape index (κ1) is 19.8. The highest BCUT2D eigenvalue weighted by molar-refractivity contribution is 5.54. The van der Waals surface area contributed by atoms with Gasteiger partial charge in [0.2, 0.25) is 11.7 Å². The third-order valence-corrected chi connectivity index (χ3v) is 4.95. The summed E-state index contributed by atoms with van der Waals surface area (Å²) in [6.07, 6.45) is 4.45. The Morgan fingerprint density at radius 2 is 1.96 bits per heavy atom. The fourth-order valence-electron chi connectivity index (χ4n) is 3.10. The SMILES string of the molecule is CCN(CC)CC(C)Oc1cc(-c2noc(C(C)(C)C)n2)ncc1C1CC1. The summed E-state index contributed by atoms with van der Waals surface area (Å²) in [6, 6.07) is 1.98. The van der Waals surface area contributed by atoms with Gasteiger partial charge in [0.15, 0.2) is 0 Å². The Hall–Kier alpha value is -1.95. The van der Waals surface area contributed by atoms with Crippen molar-refractivity contribution in [3.8, 4) is 17.3 Å². The van der Waals surface area contributed by atoms with Gasteiger partial charge in [0, 0.05) is 29.8 Å². The maximum absolute atomic E-state index is 6.35. The van der Waals surface area contributed by atoms with Crippen molar-refractivity contribution in [3.63, 3.8) is 0 Å². The van der Waals surface area contributed by atoms with Crippen molar-refractivity contribution in [1.29, 1.82) is 0 Å². The molecule has 1 saturated carbocycles. The molecule has 1 aliphatic carbocycles. The van der Waals surface area contributed by atoms with E-state index < -0.39 is 0 Å². The topological polar surface area (TPSA) is 64.3 Å². The van der Waals surface area contributed by atoms with Crippen molar-refractivity contribution < 1.29 is 9.26 Å². The van der Waals surface area contributed by atoms with Crippen LogP contribution in [0.15, 0.2) is 16.8 Å². The number of hydrogen-bond donors (Lipinski definition) is 0. The second-order valence-electron chi connectivity index (χ2n) is 8.47. The van der Waals surface area contributed by atoms with Gasteiger partial charge in [0.1, 0.15) is 17.5 Å². The van der Waals surface area contributed by atoms with Crippen molar-refractivity contribution in [2.45, 2.75) is 71.8 Å². The van der Waals surface area contributed by atoms with Gasteiger partial charge in [-0.3, -0.25) is 4.98 Å². The maximum atomic E-state index is 6.35. The molecule has 148 valence electrons. The standard InChI is InChI=1S/C21H32N4O2/c1-7-25(8-2)13-14(3)26-18-11-17(22-12-16(18)15-9-10-15)19-23-20(27-24-19)21(4,5)6/h11-12,14-15H,7-10,13H2,1-6H3. The van der Waals surface area contributed by atoms with Crippen molar-refractivity contribution in [3.05, 3.63) is 23.7 Å². The van der Waals surface area contributed by atoms with Crippen molar-refractivity contribution >= 4 is 0 Å². The van der Waals surface area contributed by atoms with Gasteiger partial charge in [-0.05, 0) is 38.8 Å². The number of hydrogen-bond acceptors (Lipinski definition) is 6. The largest absolute Gasteiger partial charge is 0.489 e. The summed E-state index contributed by atoms with van der Waals surface area (Å²) in [5.74, 6) is 2.60. The zero-order valence-electron chi connectivity index (χ0n) is 17.5. The molecule has 0 N–H and O–H groups in total. The van der Waals surface area contributed by atoms with Crippen LogP contribution in [0.25, 0.3) is 11.5 Å². The first-order valence-electron chi connectivity index (χ1n) is 10.0. The predicted octanol–water partition coefficient (Wildman–Crippen LogP) is 4.42. The van der Waals surface area contributed by atoms with E-state index in [-0.39, 0.29) is 11.5 Å². The molecule has 6 nitrogen and oxygen atoms in total. The first-order chi connectivity index (χ1) is 12.8. The summed E-state index contributed by atoms with van der Waals surface area (Å²) < 4.78 is 11.8. The highest BCUT2D eigenvalue weighted by Crippen LogP contribution is 2.45. The minimum Gasteiger partial charge on any atom is -0.489 e. The van der Waals surface area contributed by atoms with E-state index in [4.69, 9.17) is 9.26 Å². The predicted molar refractivity (Wildman–Crippen MR) is 106 cm³/mol. The lowest BCUT2D eigenvalue weighted by Gasteiger charge is -2.24. The van der Waals surface area contributed by atoms with Gasteiger partial charge in [-0.25, -0.2) is 0 Å². The number of nitrogens with zero attached hydrogens (tertiary/aromatic N) is 4. The van der Waals surface area contributed by atoms with Crippen LogP contribution in [0.4, 0.5) is 0 Å². The summed E-state index contributed by atoms with van der Waals surface area (Å²) in [6.45, 7) is 15.6. The van der Waals surface area contributed by atoms with Crippen LogP contribution >= 0.6 is 0 Å². The monoisotopic (exact) mass is 372 g/mol. The third kappa shape index (κ3) is 4.86. The molecule has 6 heteroatoms. The minimum atomic E-state index is -0.184. The molecule has 1 aliphatic rings. The summed E-state index contributed by atoms with van der Waals surface area (Å²) >= 11 is 0.